The maximum Gasteiger partial charge on any atom is 0.291 e. The number of furan rings is 1. The lowest BCUT2D eigenvalue weighted by Crippen LogP contribution is -2.46. The van der Waals surface area contributed by atoms with Crippen LogP contribution >= 0.6 is 0 Å². The molecule has 2 N–H and O–H groups in total. The molecule has 2 bridgehead atoms. The number of hydrogen-bond acceptors (Lipinski definition) is 3. The van der Waals surface area contributed by atoms with Gasteiger partial charge in [0.1, 0.15) is 0 Å². The predicted molar refractivity (Wildman–Crippen MR) is 108 cm³/mol. The average Bonchev–Trinajstić information content (AvgIpc) is 3.30. The van der Waals surface area contributed by atoms with Gasteiger partial charge in [-0.05, 0) is 72.8 Å². The van der Waals surface area contributed by atoms with Crippen LogP contribution in [0.2, 0.25) is 0 Å². The van der Waals surface area contributed by atoms with Crippen molar-refractivity contribution in [3.05, 3.63) is 53.5 Å². The molecule has 0 aliphatic heterocycles. The molecule has 3 unspecified atom stereocenters. The Hall–Kier alpha value is -2.56. The number of rotatable bonds is 4. The monoisotopic (exact) mass is 380 g/mol. The Kier molecular flexibility index (Phi) is 4.36. The molecule has 0 radical (unpaired) electrons. The zero-order chi connectivity index (χ0) is 20.1. The highest BCUT2D eigenvalue weighted by Gasteiger charge is 2.61. The molecule has 28 heavy (non-hydrogen) atoms. The maximum absolute atomic E-state index is 13.0. The van der Waals surface area contributed by atoms with Crippen LogP contribution in [0.25, 0.3) is 0 Å². The fourth-order valence-electron chi connectivity index (χ4n) is 5.15. The number of fused-ring (bicyclic) bond motifs is 2. The number of amides is 2. The molecule has 0 saturated heterocycles. The van der Waals surface area contributed by atoms with E-state index in [0.29, 0.717) is 17.2 Å². The van der Waals surface area contributed by atoms with Gasteiger partial charge in [-0.2, -0.15) is 0 Å². The molecule has 4 rings (SSSR count). The molecule has 2 aromatic rings. The second-order valence-electron chi connectivity index (χ2n) is 9.10. The molecule has 1 aromatic heterocycles. The Labute approximate surface area is 165 Å². The van der Waals surface area contributed by atoms with Crippen molar-refractivity contribution in [2.24, 2.45) is 16.7 Å². The van der Waals surface area contributed by atoms with Crippen LogP contribution in [0.5, 0.6) is 0 Å². The van der Waals surface area contributed by atoms with Gasteiger partial charge in [0.05, 0.1) is 6.26 Å². The number of anilines is 1. The third kappa shape index (κ3) is 2.84. The van der Waals surface area contributed by atoms with Crippen LogP contribution in [0.3, 0.4) is 0 Å². The molecular formula is C23H28N2O3. The van der Waals surface area contributed by atoms with E-state index < -0.39 is 0 Å². The van der Waals surface area contributed by atoms with Crippen LogP contribution in [0.1, 0.15) is 66.5 Å². The van der Waals surface area contributed by atoms with Gasteiger partial charge in [-0.3, -0.25) is 9.59 Å². The lowest BCUT2D eigenvalue weighted by atomic mass is 9.69. The topological polar surface area (TPSA) is 71.3 Å². The van der Waals surface area contributed by atoms with Gasteiger partial charge in [0, 0.05) is 17.3 Å². The number of nitrogens with one attached hydrogen (secondary N) is 2. The molecule has 0 spiro atoms. The van der Waals surface area contributed by atoms with E-state index in [1.807, 2.05) is 19.1 Å². The Bertz CT molecular complexity index is 916. The highest BCUT2D eigenvalue weighted by atomic mass is 16.3. The molecule has 1 heterocycles. The van der Waals surface area contributed by atoms with Gasteiger partial charge in [-0.25, -0.2) is 0 Å². The summed E-state index contributed by atoms with van der Waals surface area (Å²) in [6.07, 6.45) is 4.92. The first kappa shape index (κ1) is 18.8. The highest BCUT2D eigenvalue weighted by molar-refractivity contribution is 6.04. The fourth-order valence-corrected chi connectivity index (χ4v) is 5.15. The molecule has 3 atom stereocenters. The largest absolute Gasteiger partial charge is 0.459 e. The number of benzene rings is 1. The summed E-state index contributed by atoms with van der Waals surface area (Å²) < 4.78 is 5.14. The van der Waals surface area contributed by atoms with Crippen molar-refractivity contribution in [2.75, 3.05) is 5.32 Å². The Morgan fingerprint density at radius 2 is 1.93 bits per heavy atom. The first-order valence-electron chi connectivity index (χ1n) is 9.99. The summed E-state index contributed by atoms with van der Waals surface area (Å²) in [4.78, 5) is 25.2. The smallest absolute Gasteiger partial charge is 0.291 e. The standard InChI is InChI=1S/C23H28N2O3/c1-14-7-8-15(12-17(14)24-21(27)18-6-5-11-28-18)20(26)25-19-13-16-9-10-23(19,4)22(16,2)3/h5-8,11-12,16,19H,9-10,13H2,1-4H3,(H,24,27)(H,25,26). The zero-order valence-electron chi connectivity index (χ0n) is 17.0. The molecule has 2 fully saturated rings. The van der Waals surface area contributed by atoms with Crippen LogP contribution in [0.4, 0.5) is 5.69 Å². The molecule has 1 aromatic carbocycles. The summed E-state index contributed by atoms with van der Waals surface area (Å²) in [5.74, 6) is 0.506. The molecule has 2 amide bonds. The maximum atomic E-state index is 13.0. The van der Waals surface area contributed by atoms with E-state index >= 15 is 0 Å². The highest BCUT2D eigenvalue weighted by Crippen LogP contribution is 2.65. The second kappa shape index (κ2) is 6.50. The molecule has 2 aliphatic rings. The van der Waals surface area contributed by atoms with E-state index in [4.69, 9.17) is 4.42 Å². The normalized spacial score (nSPS) is 27.6. The summed E-state index contributed by atoms with van der Waals surface area (Å²) in [6, 6.07) is 8.89. The van der Waals surface area contributed by atoms with Crippen molar-refractivity contribution in [1.82, 2.24) is 5.32 Å². The second-order valence-corrected chi connectivity index (χ2v) is 9.10. The van der Waals surface area contributed by atoms with Gasteiger partial charge in [-0.15, -0.1) is 0 Å². The van der Waals surface area contributed by atoms with Crippen molar-refractivity contribution in [2.45, 2.75) is 53.0 Å². The quantitative estimate of drug-likeness (QED) is 0.801. The van der Waals surface area contributed by atoms with Crippen molar-refractivity contribution < 1.29 is 14.0 Å². The summed E-state index contributed by atoms with van der Waals surface area (Å²) in [5.41, 5.74) is 2.46. The third-order valence-corrected chi connectivity index (χ3v) is 7.59. The van der Waals surface area contributed by atoms with E-state index in [2.05, 4.69) is 31.4 Å². The lowest BCUT2D eigenvalue weighted by Gasteiger charge is -2.39. The number of carbonyl (C=O) groups is 2. The molecule has 2 saturated carbocycles. The Morgan fingerprint density at radius 3 is 2.54 bits per heavy atom. The number of carbonyl (C=O) groups excluding carboxylic acids is 2. The number of aryl methyl sites for hydroxylation is 1. The summed E-state index contributed by atoms with van der Waals surface area (Å²) >= 11 is 0. The van der Waals surface area contributed by atoms with Gasteiger partial charge < -0.3 is 15.1 Å². The van der Waals surface area contributed by atoms with Crippen LogP contribution in [-0.4, -0.2) is 17.9 Å². The van der Waals surface area contributed by atoms with E-state index in [1.165, 1.54) is 12.7 Å². The van der Waals surface area contributed by atoms with Gasteiger partial charge in [0.2, 0.25) is 0 Å². The van der Waals surface area contributed by atoms with Gasteiger partial charge >= 0.3 is 0 Å². The third-order valence-electron chi connectivity index (χ3n) is 7.59. The van der Waals surface area contributed by atoms with Gasteiger partial charge in [0.15, 0.2) is 5.76 Å². The van der Waals surface area contributed by atoms with E-state index in [-0.39, 0.29) is 34.4 Å². The van der Waals surface area contributed by atoms with Crippen LogP contribution < -0.4 is 10.6 Å². The van der Waals surface area contributed by atoms with Crippen molar-refractivity contribution >= 4 is 17.5 Å². The van der Waals surface area contributed by atoms with Crippen LogP contribution in [0, 0.1) is 23.7 Å². The minimum absolute atomic E-state index is 0.0805. The first-order valence-corrected chi connectivity index (χ1v) is 9.99. The first-order chi connectivity index (χ1) is 13.2. The molecule has 148 valence electrons. The molecular weight excluding hydrogens is 352 g/mol. The Balaban J connectivity index is 1.50. The zero-order valence-corrected chi connectivity index (χ0v) is 17.0. The van der Waals surface area contributed by atoms with Crippen LogP contribution in [-0.2, 0) is 0 Å². The van der Waals surface area contributed by atoms with Crippen molar-refractivity contribution in [1.29, 1.82) is 0 Å². The predicted octanol–water partition coefficient (Wildman–Crippen LogP) is 4.78. The van der Waals surface area contributed by atoms with E-state index in [0.717, 1.165) is 18.4 Å². The molecule has 2 aliphatic carbocycles. The Morgan fingerprint density at radius 1 is 1.14 bits per heavy atom. The van der Waals surface area contributed by atoms with Gasteiger partial charge in [0.25, 0.3) is 11.8 Å². The van der Waals surface area contributed by atoms with Gasteiger partial charge in [-0.1, -0.05) is 26.8 Å². The SMILES string of the molecule is Cc1ccc(C(=O)NC2CC3CCC2(C)C3(C)C)cc1NC(=O)c1ccco1. The van der Waals surface area contributed by atoms with Crippen LogP contribution in [0.15, 0.2) is 41.0 Å². The van der Waals surface area contributed by atoms with Crippen molar-refractivity contribution in [3.63, 3.8) is 0 Å². The summed E-state index contributed by atoms with van der Waals surface area (Å²) in [6.45, 7) is 8.89. The minimum Gasteiger partial charge on any atom is -0.459 e. The number of hydrogen-bond donors (Lipinski definition) is 2. The van der Waals surface area contributed by atoms with E-state index in [1.54, 1.807) is 18.2 Å². The molecule has 5 heteroatoms. The molecule has 5 nitrogen and oxygen atoms in total. The lowest BCUT2D eigenvalue weighted by molar-refractivity contribution is 0.0825. The minimum atomic E-state index is -0.326. The van der Waals surface area contributed by atoms with Crippen molar-refractivity contribution in [3.8, 4) is 0 Å². The van der Waals surface area contributed by atoms with E-state index in [9.17, 15) is 9.59 Å². The fraction of sp³-hybridized carbons (Fsp3) is 0.478. The summed E-state index contributed by atoms with van der Waals surface area (Å²) in [7, 11) is 0. The average molecular weight is 380 g/mol. The summed E-state index contributed by atoms with van der Waals surface area (Å²) in [5, 5.41) is 6.12.